The fourth-order valence-corrected chi connectivity index (χ4v) is 3.04. The van der Waals surface area contributed by atoms with Crippen LogP contribution < -0.4 is 14.8 Å². The van der Waals surface area contributed by atoms with Crippen LogP contribution in [0.5, 0.6) is 11.5 Å². The number of esters is 1. The molecule has 164 valence electrons. The lowest BCUT2D eigenvalue weighted by atomic mass is 10.2. The molecule has 2 aromatic heterocycles. The molecule has 0 saturated carbocycles. The number of carbonyl (C=O) groups is 2. The first-order valence-electron chi connectivity index (χ1n) is 9.87. The van der Waals surface area contributed by atoms with Gasteiger partial charge in [0.15, 0.2) is 23.3 Å². The molecular weight excluding hydrogens is 400 g/mol. The minimum Gasteiger partial charge on any atom is -0.493 e. The Labute approximate surface area is 180 Å². The number of pyridine rings is 1. The van der Waals surface area contributed by atoms with Crippen LogP contribution in [0.4, 0.5) is 0 Å². The zero-order valence-corrected chi connectivity index (χ0v) is 18.2. The molecule has 1 N–H and O–H groups in total. The number of rotatable bonds is 8. The highest BCUT2D eigenvalue weighted by Gasteiger charge is 2.20. The number of benzene rings is 1. The first-order chi connectivity index (χ1) is 14.8. The summed E-state index contributed by atoms with van der Waals surface area (Å²) in [5.41, 5.74) is 1.77. The summed E-state index contributed by atoms with van der Waals surface area (Å²) in [4.78, 5) is 29.2. The Morgan fingerprint density at radius 2 is 1.81 bits per heavy atom. The molecule has 9 heteroatoms. The van der Waals surface area contributed by atoms with E-state index in [0.717, 1.165) is 10.9 Å². The second-order valence-corrected chi connectivity index (χ2v) is 7.27. The second-order valence-electron chi connectivity index (χ2n) is 7.27. The predicted octanol–water partition coefficient (Wildman–Crippen LogP) is 2.89. The first kappa shape index (κ1) is 22.1. The fourth-order valence-electron chi connectivity index (χ4n) is 3.04. The van der Waals surface area contributed by atoms with Crippen LogP contribution in [0.1, 0.15) is 42.7 Å². The summed E-state index contributed by atoms with van der Waals surface area (Å²) < 4.78 is 17.5. The van der Waals surface area contributed by atoms with Gasteiger partial charge in [-0.05, 0) is 44.5 Å². The molecule has 0 saturated heterocycles. The summed E-state index contributed by atoms with van der Waals surface area (Å²) in [6.07, 6.45) is 2.11. The number of amides is 1. The molecule has 0 aliphatic carbocycles. The fraction of sp³-hybridized carbons (Fsp3) is 0.364. The van der Waals surface area contributed by atoms with Crippen molar-refractivity contribution < 1.29 is 23.8 Å². The van der Waals surface area contributed by atoms with Crippen molar-refractivity contribution in [3.8, 4) is 11.5 Å². The number of carbonyl (C=O) groups excluding carboxylic acids is 2. The third-order valence-corrected chi connectivity index (χ3v) is 4.73. The van der Waals surface area contributed by atoms with Crippen molar-refractivity contribution in [2.45, 2.75) is 39.5 Å². The Morgan fingerprint density at radius 3 is 2.48 bits per heavy atom. The van der Waals surface area contributed by atoms with Gasteiger partial charge in [-0.1, -0.05) is 6.07 Å². The van der Waals surface area contributed by atoms with Gasteiger partial charge >= 0.3 is 5.97 Å². The van der Waals surface area contributed by atoms with Gasteiger partial charge in [0.25, 0.3) is 5.91 Å². The van der Waals surface area contributed by atoms with E-state index in [9.17, 15) is 9.59 Å². The van der Waals surface area contributed by atoms with Gasteiger partial charge < -0.3 is 19.5 Å². The summed E-state index contributed by atoms with van der Waals surface area (Å²) in [6, 6.07) is 7.15. The molecule has 0 aliphatic heterocycles. The number of nitrogens with one attached hydrogen (secondary N) is 1. The zero-order chi connectivity index (χ0) is 22.5. The number of methoxy groups -OCH3 is 2. The van der Waals surface area contributed by atoms with Crippen LogP contribution in [-0.2, 0) is 16.1 Å². The first-order valence-corrected chi connectivity index (χ1v) is 9.87. The molecule has 1 amide bonds. The topological polar surface area (TPSA) is 105 Å². The molecule has 2 heterocycles. The van der Waals surface area contributed by atoms with Crippen molar-refractivity contribution in [2.24, 2.45) is 0 Å². The van der Waals surface area contributed by atoms with Gasteiger partial charge in [0, 0.05) is 24.2 Å². The molecule has 0 spiro atoms. The molecule has 9 nitrogen and oxygen atoms in total. The maximum atomic E-state index is 12.5. The van der Waals surface area contributed by atoms with E-state index in [0.29, 0.717) is 17.1 Å². The Kier molecular flexibility index (Phi) is 6.74. The second kappa shape index (κ2) is 9.46. The van der Waals surface area contributed by atoms with Crippen molar-refractivity contribution in [3.63, 3.8) is 0 Å². The molecule has 1 atom stereocenters. The molecule has 3 aromatic rings. The molecular formula is C22H26N4O5. The third kappa shape index (κ3) is 4.93. The number of hydrogen-bond acceptors (Lipinski definition) is 7. The van der Waals surface area contributed by atoms with Crippen LogP contribution in [0.3, 0.4) is 0 Å². The predicted molar refractivity (Wildman–Crippen MR) is 114 cm³/mol. The van der Waals surface area contributed by atoms with Crippen LogP contribution in [-0.4, -0.2) is 47.0 Å². The Hall–Kier alpha value is -3.62. The summed E-state index contributed by atoms with van der Waals surface area (Å²) in [7, 11) is 3.10. The molecule has 0 aliphatic rings. The van der Waals surface area contributed by atoms with E-state index < -0.39 is 18.0 Å². The average molecular weight is 426 g/mol. The van der Waals surface area contributed by atoms with Gasteiger partial charge in [-0.15, -0.1) is 0 Å². The lowest BCUT2D eigenvalue weighted by molar-refractivity contribution is -0.129. The van der Waals surface area contributed by atoms with Crippen LogP contribution in [0.2, 0.25) is 0 Å². The normalized spacial score (nSPS) is 11.9. The highest BCUT2D eigenvalue weighted by molar-refractivity contribution is 5.94. The van der Waals surface area contributed by atoms with Gasteiger partial charge in [0.1, 0.15) is 0 Å². The van der Waals surface area contributed by atoms with Gasteiger partial charge in [-0.3, -0.25) is 4.79 Å². The summed E-state index contributed by atoms with van der Waals surface area (Å²) >= 11 is 0. The SMILES string of the molecule is COc1ccc(CNC(=O)[C@@H](C)OC(=O)c2cnc3c(cnn3C(C)C)c2)cc1OC. The molecule has 0 unspecified atom stereocenters. The van der Waals surface area contributed by atoms with Crippen molar-refractivity contribution in [1.82, 2.24) is 20.1 Å². The number of aromatic nitrogens is 3. The van der Waals surface area contributed by atoms with Crippen LogP contribution in [0, 0.1) is 0 Å². The van der Waals surface area contributed by atoms with Crippen molar-refractivity contribution in [2.75, 3.05) is 14.2 Å². The van der Waals surface area contributed by atoms with Crippen LogP contribution >= 0.6 is 0 Å². The third-order valence-electron chi connectivity index (χ3n) is 4.73. The van der Waals surface area contributed by atoms with E-state index in [2.05, 4.69) is 15.4 Å². The molecule has 31 heavy (non-hydrogen) atoms. The minimum atomic E-state index is -0.971. The van der Waals surface area contributed by atoms with Crippen molar-refractivity contribution in [1.29, 1.82) is 0 Å². The molecule has 3 rings (SSSR count). The van der Waals surface area contributed by atoms with Crippen LogP contribution in [0.15, 0.2) is 36.7 Å². The standard InChI is InChI=1S/C22H26N4O5/c1-13(2)26-20-16(12-25-26)9-17(11-23-20)22(28)31-14(3)21(27)24-10-15-6-7-18(29-4)19(8-15)30-5/h6-9,11-14H,10H2,1-5H3,(H,24,27)/t14-/m1/s1. The molecule has 1 aromatic carbocycles. The highest BCUT2D eigenvalue weighted by atomic mass is 16.5. The summed E-state index contributed by atoms with van der Waals surface area (Å²) in [5.74, 6) is 0.132. The Morgan fingerprint density at radius 1 is 1.06 bits per heavy atom. The number of nitrogens with zero attached hydrogens (tertiary/aromatic N) is 3. The molecule has 0 fully saturated rings. The van der Waals surface area contributed by atoms with E-state index in [1.165, 1.54) is 13.1 Å². The highest BCUT2D eigenvalue weighted by Crippen LogP contribution is 2.27. The minimum absolute atomic E-state index is 0.150. The van der Waals surface area contributed by atoms with Crippen molar-refractivity contribution >= 4 is 22.9 Å². The average Bonchev–Trinajstić information content (AvgIpc) is 3.20. The smallest absolute Gasteiger partial charge is 0.340 e. The number of fused-ring (bicyclic) bond motifs is 1. The largest absolute Gasteiger partial charge is 0.493 e. The monoisotopic (exact) mass is 426 g/mol. The van der Waals surface area contributed by atoms with E-state index in [1.54, 1.807) is 43.3 Å². The van der Waals surface area contributed by atoms with Gasteiger partial charge in [-0.2, -0.15) is 5.10 Å². The Balaban J connectivity index is 1.60. The lowest BCUT2D eigenvalue weighted by Crippen LogP contribution is -2.35. The van der Waals surface area contributed by atoms with Gasteiger partial charge in [0.05, 0.1) is 26.0 Å². The Bertz CT molecular complexity index is 1090. The number of hydrogen-bond donors (Lipinski definition) is 1. The lowest BCUT2D eigenvalue weighted by Gasteiger charge is -2.14. The van der Waals surface area contributed by atoms with Gasteiger partial charge in [0.2, 0.25) is 0 Å². The summed E-state index contributed by atoms with van der Waals surface area (Å²) in [5, 5.41) is 7.76. The van der Waals surface area contributed by atoms with E-state index >= 15 is 0 Å². The quantitative estimate of drug-likeness (QED) is 0.552. The maximum Gasteiger partial charge on any atom is 0.340 e. The summed E-state index contributed by atoms with van der Waals surface area (Å²) in [6.45, 7) is 5.77. The van der Waals surface area contributed by atoms with Gasteiger partial charge in [-0.25, -0.2) is 14.5 Å². The molecule has 0 bridgehead atoms. The number of ether oxygens (including phenoxy) is 3. The van der Waals surface area contributed by atoms with E-state index in [-0.39, 0.29) is 18.2 Å². The molecule has 0 radical (unpaired) electrons. The maximum absolute atomic E-state index is 12.5. The van der Waals surface area contributed by atoms with Crippen LogP contribution in [0.25, 0.3) is 11.0 Å². The van der Waals surface area contributed by atoms with E-state index in [4.69, 9.17) is 14.2 Å². The zero-order valence-electron chi connectivity index (χ0n) is 18.2. The van der Waals surface area contributed by atoms with E-state index in [1.807, 2.05) is 19.9 Å². The van der Waals surface area contributed by atoms with Crippen molar-refractivity contribution in [3.05, 3.63) is 47.8 Å².